The Hall–Kier alpha value is -1.16. The van der Waals surface area contributed by atoms with Crippen molar-refractivity contribution < 1.29 is 13.5 Å². The molecule has 0 saturated heterocycles. The Labute approximate surface area is 88.0 Å². The Morgan fingerprint density at radius 2 is 1.87 bits per heavy atom. The Bertz CT molecular complexity index is 287. The summed E-state index contributed by atoms with van der Waals surface area (Å²) in [6.07, 6.45) is 1.88. The molecule has 2 N–H and O–H groups in total. The van der Waals surface area contributed by atoms with Gasteiger partial charge in [0.05, 0.1) is 0 Å². The van der Waals surface area contributed by atoms with Crippen LogP contribution in [0.15, 0.2) is 24.3 Å². The van der Waals surface area contributed by atoms with Crippen molar-refractivity contribution in [3.8, 4) is 5.75 Å². The molecular weight excluding hydrogens is 200 g/mol. The number of hydrogen-bond donors (Lipinski definition) is 1. The smallest absolute Gasteiger partial charge is 0.387 e. The van der Waals surface area contributed by atoms with Gasteiger partial charge in [0.15, 0.2) is 0 Å². The summed E-state index contributed by atoms with van der Waals surface area (Å²) in [4.78, 5) is 0. The Morgan fingerprint density at radius 1 is 1.27 bits per heavy atom. The quantitative estimate of drug-likeness (QED) is 0.819. The fourth-order valence-corrected chi connectivity index (χ4v) is 1.37. The minimum atomic E-state index is -2.78. The van der Waals surface area contributed by atoms with E-state index in [-0.39, 0.29) is 11.8 Å². The van der Waals surface area contributed by atoms with Crippen molar-refractivity contribution >= 4 is 0 Å². The highest BCUT2D eigenvalue weighted by Crippen LogP contribution is 2.20. The molecule has 2 nitrogen and oxygen atoms in total. The Kier molecular flexibility index (Phi) is 4.49. The number of halogens is 2. The van der Waals surface area contributed by atoms with Crippen molar-refractivity contribution in [1.82, 2.24) is 0 Å². The lowest BCUT2D eigenvalue weighted by Gasteiger charge is -2.11. The predicted octanol–water partition coefficient (Wildman–Crippen LogP) is 3.09. The van der Waals surface area contributed by atoms with Crippen molar-refractivity contribution in [2.75, 3.05) is 0 Å². The average molecular weight is 215 g/mol. The third-order valence-corrected chi connectivity index (χ3v) is 2.13. The van der Waals surface area contributed by atoms with Gasteiger partial charge in [-0.05, 0) is 24.1 Å². The van der Waals surface area contributed by atoms with Crippen LogP contribution in [-0.4, -0.2) is 6.61 Å². The van der Waals surface area contributed by atoms with Gasteiger partial charge in [-0.2, -0.15) is 8.78 Å². The van der Waals surface area contributed by atoms with Crippen molar-refractivity contribution in [2.24, 2.45) is 5.73 Å². The van der Waals surface area contributed by atoms with Gasteiger partial charge in [0.2, 0.25) is 0 Å². The molecule has 0 heterocycles. The zero-order chi connectivity index (χ0) is 11.3. The lowest BCUT2D eigenvalue weighted by Crippen LogP contribution is -2.09. The van der Waals surface area contributed by atoms with E-state index in [2.05, 4.69) is 4.74 Å². The maximum absolute atomic E-state index is 11.9. The maximum atomic E-state index is 11.9. The normalized spacial score (nSPS) is 12.9. The second-order valence-electron chi connectivity index (χ2n) is 3.34. The van der Waals surface area contributed by atoms with E-state index in [9.17, 15) is 8.78 Å². The lowest BCUT2D eigenvalue weighted by molar-refractivity contribution is -0.0498. The van der Waals surface area contributed by atoms with Gasteiger partial charge in [-0.3, -0.25) is 0 Å². The molecule has 0 bridgehead atoms. The first-order valence-corrected chi connectivity index (χ1v) is 4.93. The monoisotopic (exact) mass is 215 g/mol. The van der Waals surface area contributed by atoms with Crippen LogP contribution in [0.5, 0.6) is 5.75 Å². The fraction of sp³-hybridized carbons (Fsp3) is 0.455. The molecule has 0 aliphatic rings. The molecule has 1 atom stereocenters. The number of alkyl halides is 2. The van der Waals surface area contributed by atoms with Gasteiger partial charge in [0, 0.05) is 6.04 Å². The highest BCUT2D eigenvalue weighted by atomic mass is 19.3. The van der Waals surface area contributed by atoms with Crippen LogP contribution in [0, 0.1) is 0 Å². The van der Waals surface area contributed by atoms with Gasteiger partial charge in [0.1, 0.15) is 5.75 Å². The average Bonchev–Trinajstić information content (AvgIpc) is 2.18. The molecule has 0 spiro atoms. The van der Waals surface area contributed by atoms with Crippen LogP contribution in [0.3, 0.4) is 0 Å². The molecule has 0 amide bonds. The summed E-state index contributed by atoms with van der Waals surface area (Å²) >= 11 is 0. The van der Waals surface area contributed by atoms with Gasteiger partial charge >= 0.3 is 6.61 Å². The van der Waals surface area contributed by atoms with Gasteiger partial charge < -0.3 is 10.5 Å². The van der Waals surface area contributed by atoms with Gasteiger partial charge in [-0.1, -0.05) is 25.5 Å². The lowest BCUT2D eigenvalue weighted by atomic mass is 10.0. The van der Waals surface area contributed by atoms with Crippen LogP contribution >= 0.6 is 0 Å². The molecule has 0 aliphatic heterocycles. The second-order valence-corrected chi connectivity index (χ2v) is 3.34. The molecule has 0 radical (unpaired) electrons. The first-order valence-electron chi connectivity index (χ1n) is 4.93. The van der Waals surface area contributed by atoms with E-state index < -0.39 is 6.61 Å². The first kappa shape index (κ1) is 11.9. The summed E-state index contributed by atoms with van der Waals surface area (Å²) < 4.78 is 27.9. The third kappa shape index (κ3) is 3.83. The van der Waals surface area contributed by atoms with Crippen LogP contribution in [0.4, 0.5) is 8.78 Å². The first-order chi connectivity index (χ1) is 7.13. The SMILES string of the molecule is CCC[C@H](N)c1ccc(OC(F)F)cc1. The molecule has 1 aromatic carbocycles. The molecule has 0 fully saturated rings. The van der Waals surface area contributed by atoms with Gasteiger partial charge in [0.25, 0.3) is 0 Å². The summed E-state index contributed by atoms with van der Waals surface area (Å²) in [5, 5.41) is 0. The predicted molar refractivity (Wildman–Crippen MR) is 54.9 cm³/mol. The Balaban J connectivity index is 2.63. The van der Waals surface area contributed by atoms with Crippen molar-refractivity contribution in [1.29, 1.82) is 0 Å². The van der Waals surface area contributed by atoms with E-state index in [1.807, 2.05) is 6.92 Å². The van der Waals surface area contributed by atoms with E-state index in [0.29, 0.717) is 0 Å². The van der Waals surface area contributed by atoms with Crippen LogP contribution < -0.4 is 10.5 Å². The molecule has 0 unspecified atom stereocenters. The number of nitrogens with two attached hydrogens (primary N) is 1. The van der Waals surface area contributed by atoms with Crippen molar-refractivity contribution in [2.45, 2.75) is 32.4 Å². The summed E-state index contributed by atoms with van der Waals surface area (Å²) in [5.41, 5.74) is 6.81. The molecule has 4 heteroatoms. The maximum Gasteiger partial charge on any atom is 0.387 e. The summed E-state index contributed by atoms with van der Waals surface area (Å²) in [7, 11) is 0. The van der Waals surface area contributed by atoms with E-state index in [4.69, 9.17) is 5.73 Å². The standard InChI is InChI=1S/C11H15F2NO/c1-2-3-10(14)8-4-6-9(7-5-8)15-11(12)13/h4-7,10-11H,2-3,14H2,1H3/t10-/m0/s1. The van der Waals surface area contributed by atoms with E-state index in [1.54, 1.807) is 12.1 Å². The van der Waals surface area contributed by atoms with Gasteiger partial charge in [-0.25, -0.2) is 0 Å². The second kappa shape index (κ2) is 5.66. The highest BCUT2D eigenvalue weighted by Gasteiger charge is 2.06. The topological polar surface area (TPSA) is 35.2 Å². The molecule has 0 aliphatic carbocycles. The number of rotatable bonds is 5. The zero-order valence-corrected chi connectivity index (χ0v) is 8.62. The molecular formula is C11H15F2NO. The minimum Gasteiger partial charge on any atom is -0.435 e. The largest absolute Gasteiger partial charge is 0.435 e. The molecule has 0 saturated carbocycles. The van der Waals surface area contributed by atoms with Crippen molar-refractivity contribution in [3.63, 3.8) is 0 Å². The minimum absolute atomic E-state index is 0.0319. The Morgan fingerprint density at radius 3 is 2.33 bits per heavy atom. The van der Waals surface area contributed by atoms with Gasteiger partial charge in [-0.15, -0.1) is 0 Å². The fourth-order valence-electron chi connectivity index (χ4n) is 1.37. The molecule has 1 aromatic rings. The van der Waals surface area contributed by atoms with Crippen LogP contribution in [-0.2, 0) is 0 Å². The van der Waals surface area contributed by atoms with E-state index in [1.165, 1.54) is 12.1 Å². The molecule has 15 heavy (non-hydrogen) atoms. The van der Waals surface area contributed by atoms with Crippen LogP contribution in [0.25, 0.3) is 0 Å². The molecule has 0 aromatic heterocycles. The summed E-state index contributed by atoms with van der Waals surface area (Å²) in [6.45, 7) is -0.728. The number of hydrogen-bond acceptors (Lipinski definition) is 2. The summed E-state index contributed by atoms with van der Waals surface area (Å²) in [5.74, 6) is 0.164. The van der Waals surface area contributed by atoms with Crippen molar-refractivity contribution in [3.05, 3.63) is 29.8 Å². The molecule has 1 rings (SSSR count). The number of benzene rings is 1. The number of ether oxygens (including phenoxy) is 1. The molecule has 84 valence electrons. The third-order valence-electron chi connectivity index (χ3n) is 2.13. The van der Waals surface area contributed by atoms with Crippen LogP contribution in [0.1, 0.15) is 31.4 Å². The van der Waals surface area contributed by atoms with E-state index >= 15 is 0 Å². The highest BCUT2D eigenvalue weighted by molar-refractivity contribution is 5.28. The van der Waals surface area contributed by atoms with Crippen LogP contribution in [0.2, 0.25) is 0 Å². The summed E-state index contributed by atoms with van der Waals surface area (Å²) in [6, 6.07) is 6.43. The van der Waals surface area contributed by atoms with E-state index in [0.717, 1.165) is 18.4 Å². The zero-order valence-electron chi connectivity index (χ0n) is 8.62.